The molecule has 0 aromatic heterocycles. The molecule has 1 aliphatic rings. The van der Waals surface area contributed by atoms with Crippen LogP contribution in [0.3, 0.4) is 0 Å². The molecule has 3 heteroatoms. The number of hydrogen-bond donors (Lipinski definition) is 0. The minimum atomic E-state index is 0.675. The molecule has 2 nitrogen and oxygen atoms in total. The van der Waals surface area contributed by atoms with Crippen LogP contribution in [0.15, 0.2) is 0 Å². The van der Waals surface area contributed by atoms with Gasteiger partial charge in [0.1, 0.15) is 0 Å². The van der Waals surface area contributed by atoms with E-state index < -0.39 is 0 Å². The molecular weight excluding hydrogens is 254 g/mol. The minimum absolute atomic E-state index is 0.675. The maximum atomic E-state index is 5.16. The quantitative estimate of drug-likeness (QED) is 0.633. The van der Waals surface area contributed by atoms with Crippen molar-refractivity contribution >= 4 is 15.9 Å². The highest BCUT2D eigenvalue weighted by atomic mass is 79.9. The Balaban J connectivity index is 2.31. The van der Waals surface area contributed by atoms with E-state index in [1.165, 1.54) is 32.2 Å². The molecule has 0 radical (unpaired) electrons. The molecule has 1 fully saturated rings. The van der Waals surface area contributed by atoms with Crippen molar-refractivity contribution in [1.29, 1.82) is 0 Å². The summed E-state index contributed by atoms with van der Waals surface area (Å²) in [5.41, 5.74) is 0. The average Bonchev–Trinajstić information content (AvgIpc) is 2.17. The predicted octanol–water partition coefficient (Wildman–Crippen LogP) is 3.05. The van der Waals surface area contributed by atoms with Gasteiger partial charge in [0, 0.05) is 31.1 Å². The Bertz CT molecular complexity index is 162. The highest BCUT2D eigenvalue weighted by Crippen LogP contribution is 2.27. The number of rotatable bonds is 8. The van der Waals surface area contributed by atoms with Crippen LogP contribution in [0, 0.1) is 0 Å². The van der Waals surface area contributed by atoms with Gasteiger partial charge in [0.25, 0.3) is 0 Å². The Hall–Kier alpha value is 0.400. The van der Waals surface area contributed by atoms with Gasteiger partial charge in [0.2, 0.25) is 0 Å². The summed E-state index contributed by atoms with van der Waals surface area (Å²) in [6, 6.07) is 1.53. The monoisotopic (exact) mass is 277 g/mol. The number of hydrogen-bond acceptors (Lipinski definition) is 2. The van der Waals surface area contributed by atoms with Gasteiger partial charge >= 0.3 is 0 Å². The number of ether oxygens (including phenoxy) is 1. The summed E-state index contributed by atoms with van der Waals surface area (Å²) in [6.07, 6.45) is 6.65. The Kier molecular flexibility index (Phi) is 6.86. The first kappa shape index (κ1) is 13.5. The molecule has 1 unspecified atom stereocenters. The van der Waals surface area contributed by atoms with Crippen molar-refractivity contribution in [1.82, 2.24) is 4.90 Å². The van der Waals surface area contributed by atoms with Crippen molar-refractivity contribution in [2.24, 2.45) is 0 Å². The lowest BCUT2D eigenvalue weighted by molar-refractivity contribution is 0.0667. The Morgan fingerprint density at radius 3 is 2.67 bits per heavy atom. The fraction of sp³-hybridized carbons (Fsp3) is 1.00. The van der Waals surface area contributed by atoms with Crippen LogP contribution in [-0.2, 0) is 4.74 Å². The van der Waals surface area contributed by atoms with E-state index in [4.69, 9.17) is 4.74 Å². The van der Waals surface area contributed by atoms with Crippen molar-refractivity contribution in [2.45, 2.75) is 51.1 Å². The van der Waals surface area contributed by atoms with Gasteiger partial charge < -0.3 is 4.74 Å². The largest absolute Gasteiger partial charge is 0.385 e. The molecule has 0 aliphatic heterocycles. The first-order valence-corrected chi connectivity index (χ1v) is 7.22. The zero-order valence-electron chi connectivity index (χ0n) is 10.0. The first-order valence-electron chi connectivity index (χ1n) is 6.10. The highest BCUT2D eigenvalue weighted by Gasteiger charge is 2.27. The van der Waals surface area contributed by atoms with Crippen LogP contribution in [0.25, 0.3) is 0 Å². The van der Waals surface area contributed by atoms with E-state index in [-0.39, 0.29) is 0 Å². The lowest BCUT2D eigenvalue weighted by atomic mass is 9.90. The van der Waals surface area contributed by atoms with E-state index in [9.17, 15) is 0 Å². The van der Waals surface area contributed by atoms with Crippen LogP contribution in [0.1, 0.15) is 39.0 Å². The van der Waals surface area contributed by atoms with Crippen LogP contribution in [0.5, 0.6) is 0 Å². The Labute approximate surface area is 102 Å². The van der Waals surface area contributed by atoms with E-state index >= 15 is 0 Å². The molecule has 1 rings (SSSR count). The summed E-state index contributed by atoms with van der Waals surface area (Å²) in [4.78, 5) is 2.68. The average molecular weight is 278 g/mol. The molecular formula is C12H24BrNO. The fourth-order valence-electron chi connectivity index (χ4n) is 2.18. The van der Waals surface area contributed by atoms with E-state index in [1.54, 1.807) is 7.11 Å². The van der Waals surface area contributed by atoms with Gasteiger partial charge in [0.15, 0.2) is 0 Å². The lowest BCUT2D eigenvalue weighted by Crippen LogP contribution is -2.46. The molecule has 0 saturated heterocycles. The van der Waals surface area contributed by atoms with E-state index in [2.05, 4.69) is 27.8 Å². The van der Waals surface area contributed by atoms with Crippen LogP contribution in [0.2, 0.25) is 0 Å². The van der Waals surface area contributed by atoms with Gasteiger partial charge in [-0.3, -0.25) is 4.90 Å². The molecule has 1 atom stereocenters. The van der Waals surface area contributed by atoms with Crippen molar-refractivity contribution in [2.75, 3.05) is 25.6 Å². The summed E-state index contributed by atoms with van der Waals surface area (Å²) in [5.74, 6) is 0. The van der Waals surface area contributed by atoms with Crippen LogP contribution in [0.4, 0.5) is 0 Å². The van der Waals surface area contributed by atoms with E-state index in [0.717, 1.165) is 24.4 Å². The molecule has 15 heavy (non-hydrogen) atoms. The third-order valence-corrected chi connectivity index (χ3v) is 3.96. The van der Waals surface area contributed by atoms with Crippen molar-refractivity contribution in [3.8, 4) is 0 Å². The van der Waals surface area contributed by atoms with Crippen LogP contribution in [-0.4, -0.2) is 42.6 Å². The lowest BCUT2D eigenvalue weighted by Gasteiger charge is -2.41. The topological polar surface area (TPSA) is 12.5 Å². The van der Waals surface area contributed by atoms with Gasteiger partial charge in [-0.25, -0.2) is 0 Å². The van der Waals surface area contributed by atoms with Crippen molar-refractivity contribution in [3.05, 3.63) is 0 Å². The maximum absolute atomic E-state index is 5.16. The standard InChI is InChI=1S/C12H24BrNO/c1-11(7-10-15-2)14(9-4-8-13)12-5-3-6-12/h11-12H,3-10H2,1-2H3. The zero-order chi connectivity index (χ0) is 11.1. The number of halogens is 1. The Morgan fingerprint density at radius 1 is 1.47 bits per heavy atom. The molecule has 90 valence electrons. The van der Waals surface area contributed by atoms with Gasteiger partial charge in [-0.2, -0.15) is 0 Å². The first-order chi connectivity index (χ1) is 7.29. The summed E-state index contributed by atoms with van der Waals surface area (Å²) in [6.45, 7) is 4.46. The van der Waals surface area contributed by atoms with Gasteiger partial charge in [0.05, 0.1) is 0 Å². The molecule has 0 bridgehead atoms. The summed E-state index contributed by atoms with van der Waals surface area (Å²) in [7, 11) is 1.79. The number of methoxy groups -OCH3 is 1. The van der Waals surface area contributed by atoms with Crippen LogP contribution >= 0.6 is 15.9 Å². The third kappa shape index (κ3) is 4.41. The second-order valence-electron chi connectivity index (χ2n) is 4.50. The summed E-state index contributed by atoms with van der Waals surface area (Å²) < 4.78 is 5.16. The summed E-state index contributed by atoms with van der Waals surface area (Å²) >= 11 is 3.52. The van der Waals surface area contributed by atoms with Gasteiger partial charge in [-0.1, -0.05) is 22.4 Å². The normalized spacial score (nSPS) is 19.2. The Morgan fingerprint density at radius 2 is 2.20 bits per heavy atom. The molecule has 0 amide bonds. The molecule has 0 aromatic rings. The van der Waals surface area contributed by atoms with E-state index in [1.807, 2.05) is 0 Å². The third-order valence-electron chi connectivity index (χ3n) is 3.40. The molecule has 0 spiro atoms. The molecule has 1 aliphatic carbocycles. The van der Waals surface area contributed by atoms with Crippen molar-refractivity contribution < 1.29 is 4.74 Å². The van der Waals surface area contributed by atoms with Gasteiger partial charge in [-0.05, 0) is 39.2 Å². The second-order valence-corrected chi connectivity index (χ2v) is 5.29. The zero-order valence-corrected chi connectivity index (χ0v) is 11.6. The second kappa shape index (κ2) is 7.64. The molecule has 0 aromatic carbocycles. The highest BCUT2D eigenvalue weighted by molar-refractivity contribution is 9.09. The maximum Gasteiger partial charge on any atom is 0.0477 e. The fourth-order valence-corrected chi connectivity index (χ4v) is 2.43. The van der Waals surface area contributed by atoms with Crippen LogP contribution < -0.4 is 0 Å². The van der Waals surface area contributed by atoms with Crippen molar-refractivity contribution in [3.63, 3.8) is 0 Å². The molecule has 0 N–H and O–H groups in total. The summed E-state index contributed by atoms with van der Waals surface area (Å²) in [5, 5.41) is 1.12. The smallest absolute Gasteiger partial charge is 0.0477 e. The number of alkyl halides is 1. The predicted molar refractivity (Wildman–Crippen MR) is 68.7 cm³/mol. The minimum Gasteiger partial charge on any atom is -0.385 e. The van der Waals surface area contributed by atoms with E-state index in [0.29, 0.717) is 6.04 Å². The molecule has 1 saturated carbocycles. The number of nitrogens with zero attached hydrogens (tertiary/aromatic N) is 1. The SMILES string of the molecule is COCCC(C)N(CCCBr)C1CCC1. The molecule has 0 heterocycles. The van der Waals surface area contributed by atoms with Gasteiger partial charge in [-0.15, -0.1) is 0 Å².